The maximum atomic E-state index is 14.3. The smallest absolute Gasteiger partial charge is 0.238 e. The van der Waals surface area contributed by atoms with E-state index in [0.717, 1.165) is 12.4 Å². The number of aromatic nitrogens is 6. The van der Waals surface area contributed by atoms with Gasteiger partial charge in [-0.2, -0.15) is 4.68 Å². The van der Waals surface area contributed by atoms with Gasteiger partial charge < -0.3 is 15.2 Å². The number of imidazole rings is 1. The molecule has 0 spiro atoms. The minimum atomic E-state index is -0.520. The summed E-state index contributed by atoms with van der Waals surface area (Å²) in [5.74, 6) is 0.629. The molecule has 1 aliphatic heterocycles. The number of carbonyl (C=O) groups excluding carboxylic acids is 1. The third-order valence-corrected chi connectivity index (χ3v) is 4.95. The van der Waals surface area contributed by atoms with Crippen molar-refractivity contribution >= 4 is 11.6 Å². The van der Waals surface area contributed by atoms with Gasteiger partial charge in [0.25, 0.3) is 0 Å². The number of halogens is 1. The second-order valence-electron chi connectivity index (χ2n) is 6.94. The number of piperazine rings is 1. The summed E-state index contributed by atoms with van der Waals surface area (Å²) < 4.78 is 17.7. The minimum Gasteiger partial charge on any atom is -0.337 e. The van der Waals surface area contributed by atoms with E-state index in [2.05, 4.69) is 31.1 Å². The number of carbonyl (C=O) groups is 1. The normalized spacial score (nSPS) is 17.4. The van der Waals surface area contributed by atoms with E-state index < -0.39 is 5.82 Å². The predicted octanol–water partition coefficient (Wildman–Crippen LogP) is 0.428. The first-order valence-corrected chi connectivity index (χ1v) is 9.29. The van der Waals surface area contributed by atoms with Crippen LogP contribution in [0.3, 0.4) is 0 Å². The molecule has 4 rings (SSSR count). The predicted molar refractivity (Wildman–Crippen MR) is 103 cm³/mol. The molecule has 1 unspecified atom stereocenters. The summed E-state index contributed by atoms with van der Waals surface area (Å²) in [6.07, 6.45) is 3.62. The topological polar surface area (TPSA) is 106 Å². The molecule has 1 saturated heterocycles. The molecule has 2 N–H and O–H groups in total. The van der Waals surface area contributed by atoms with Gasteiger partial charge in [0.05, 0.1) is 24.0 Å². The van der Waals surface area contributed by atoms with Crippen LogP contribution in [0.4, 0.5) is 10.1 Å². The zero-order valence-corrected chi connectivity index (χ0v) is 16.2. The van der Waals surface area contributed by atoms with Crippen LogP contribution >= 0.6 is 0 Å². The number of benzene rings is 1. The van der Waals surface area contributed by atoms with Crippen LogP contribution in [0.5, 0.6) is 0 Å². The number of aryl methyl sites for hydroxylation is 2. The maximum Gasteiger partial charge on any atom is 0.238 e. The van der Waals surface area contributed by atoms with Gasteiger partial charge in [-0.3, -0.25) is 9.69 Å². The van der Waals surface area contributed by atoms with Gasteiger partial charge in [0.15, 0.2) is 5.82 Å². The van der Waals surface area contributed by atoms with E-state index in [1.807, 2.05) is 22.7 Å². The van der Waals surface area contributed by atoms with Crippen molar-refractivity contribution in [1.82, 2.24) is 40.0 Å². The lowest BCUT2D eigenvalue weighted by Gasteiger charge is -2.35. The third kappa shape index (κ3) is 4.00. The summed E-state index contributed by atoms with van der Waals surface area (Å²) in [7, 11) is 1.93. The van der Waals surface area contributed by atoms with Gasteiger partial charge >= 0.3 is 0 Å². The Morgan fingerprint density at radius 1 is 1.41 bits per heavy atom. The minimum absolute atomic E-state index is 0.0328. The van der Waals surface area contributed by atoms with Crippen molar-refractivity contribution in [3.8, 4) is 5.69 Å². The largest absolute Gasteiger partial charge is 0.337 e. The van der Waals surface area contributed by atoms with E-state index >= 15 is 0 Å². The molecule has 1 atom stereocenters. The molecule has 11 heteroatoms. The Morgan fingerprint density at radius 2 is 2.28 bits per heavy atom. The summed E-state index contributed by atoms with van der Waals surface area (Å²) >= 11 is 0. The molecule has 10 nitrogen and oxygen atoms in total. The summed E-state index contributed by atoms with van der Waals surface area (Å²) in [5, 5.41) is 17.3. The average molecular weight is 399 g/mol. The Hall–Kier alpha value is -3.18. The van der Waals surface area contributed by atoms with E-state index in [1.54, 1.807) is 19.2 Å². The van der Waals surface area contributed by atoms with Crippen LogP contribution in [0.15, 0.2) is 30.6 Å². The van der Waals surface area contributed by atoms with Crippen molar-refractivity contribution in [1.29, 1.82) is 0 Å². The molecule has 3 aromatic rings. The Morgan fingerprint density at radius 3 is 3.00 bits per heavy atom. The number of hydrogen-bond acceptors (Lipinski definition) is 7. The standard InChI is InChI=1S/C18H22FN9O/c1-12-23-24-25-28(12)13-3-4-14(19)15(9-13)22-17(29)11-27-8-5-20-10-16(27)18-21-6-7-26(18)2/h3-4,6-7,9,16,20H,5,8,10-11H2,1-2H3,(H,22,29). The fourth-order valence-electron chi connectivity index (χ4n) is 3.47. The number of anilines is 1. The molecular formula is C18H22FN9O. The van der Waals surface area contributed by atoms with Gasteiger partial charge in [-0.1, -0.05) is 0 Å². The van der Waals surface area contributed by atoms with Crippen LogP contribution in [-0.2, 0) is 11.8 Å². The number of nitrogens with zero attached hydrogens (tertiary/aromatic N) is 7. The van der Waals surface area contributed by atoms with Crippen molar-refractivity contribution in [3.63, 3.8) is 0 Å². The highest BCUT2D eigenvalue weighted by Gasteiger charge is 2.28. The molecule has 1 aromatic carbocycles. The quantitative estimate of drug-likeness (QED) is 0.641. The first kappa shape index (κ1) is 19.2. The fraction of sp³-hybridized carbons (Fsp3) is 0.389. The lowest BCUT2D eigenvalue weighted by Crippen LogP contribution is -2.49. The number of nitrogens with one attached hydrogen (secondary N) is 2. The Bertz CT molecular complexity index is 1010. The number of amides is 1. The van der Waals surface area contributed by atoms with Crippen molar-refractivity contribution in [2.24, 2.45) is 7.05 Å². The van der Waals surface area contributed by atoms with Crippen LogP contribution in [0, 0.1) is 12.7 Å². The summed E-state index contributed by atoms with van der Waals surface area (Å²) in [4.78, 5) is 19.1. The first-order chi connectivity index (χ1) is 14.0. The van der Waals surface area contributed by atoms with Crippen LogP contribution < -0.4 is 10.6 Å². The Labute approximate surface area is 166 Å². The molecule has 152 valence electrons. The molecule has 0 saturated carbocycles. The molecule has 1 amide bonds. The van der Waals surface area contributed by atoms with Gasteiger partial charge in [0, 0.05) is 39.1 Å². The summed E-state index contributed by atoms with van der Waals surface area (Å²) in [5.41, 5.74) is 0.656. The van der Waals surface area contributed by atoms with Crippen LogP contribution in [0.25, 0.3) is 5.69 Å². The molecule has 2 aromatic heterocycles. The Balaban J connectivity index is 1.49. The number of tetrazole rings is 1. The lowest BCUT2D eigenvalue weighted by atomic mass is 10.1. The summed E-state index contributed by atoms with van der Waals surface area (Å²) in [6.45, 7) is 4.03. The van der Waals surface area contributed by atoms with Gasteiger partial charge in [-0.15, -0.1) is 5.10 Å². The second kappa shape index (κ2) is 8.05. The zero-order valence-electron chi connectivity index (χ0n) is 16.2. The maximum absolute atomic E-state index is 14.3. The SMILES string of the molecule is Cc1nnnn1-c1ccc(F)c(NC(=O)CN2CCNCC2c2nccn2C)c1. The van der Waals surface area contributed by atoms with Crippen molar-refractivity contribution in [3.05, 3.63) is 48.1 Å². The fourth-order valence-corrected chi connectivity index (χ4v) is 3.47. The van der Waals surface area contributed by atoms with E-state index in [0.29, 0.717) is 24.6 Å². The van der Waals surface area contributed by atoms with Crippen LogP contribution in [0.2, 0.25) is 0 Å². The van der Waals surface area contributed by atoms with Crippen molar-refractivity contribution in [2.45, 2.75) is 13.0 Å². The highest BCUT2D eigenvalue weighted by molar-refractivity contribution is 5.92. The van der Waals surface area contributed by atoms with E-state index in [4.69, 9.17) is 0 Å². The number of hydrogen-bond donors (Lipinski definition) is 2. The Kier molecular flexibility index (Phi) is 5.32. The molecule has 29 heavy (non-hydrogen) atoms. The zero-order chi connectivity index (χ0) is 20.4. The molecule has 1 fully saturated rings. The second-order valence-corrected chi connectivity index (χ2v) is 6.94. The lowest BCUT2D eigenvalue weighted by molar-refractivity contribution is -0.118. The molecular weight excluding hydrogens is 377 g/mol. The molecule has 3 heterocycles. The molecule has 0 bridgehead atoms. The molecule has 1 aliphatic rings. The van der Waals surface area contributed by atoms with E-state index in [1.165, 1.54) is 16.8 Å². The average Bonchev–Trinajstić information content (AvgIpc) is 3.32. The van der Waals surface area contributed by atoms with Gasteiger partial charge in [-0.05, 0) is 35.5 Å². The van der Waals surface area contributed by atoms with Crippen LogP contribution in [-0.4, -0.2) is 66.7 Å². The van der Waals surface area contributed by atoms with E-state index in [9.17, 15) is 9.18 Å². The highest BCUT2D eigenvalue weighted by atomic mass is 19.1. The third-order valence-electron chi connectivity index (χ3n) is 4.95. The highest BCUT2D eigenvalue weighted by Crippen LogP contribution is 2.22. The molecule has 0 radical (unpaired) electrons. The van der Waals surface area contributed by atoms with Crippen molar-refractivity contribution in [2.75, 3.05) is 31.5 Å². The van der Waals surface area contributed by atoms with Crippen molar-refractivity contribution < 1.29 is 9.18 Å². The first-order valence-electron chi connectivity index (χ1n) is 9.29. The summed E-state index contributed by atoms with van der Waals surface area (Å²) in [6, 6.07) is 4.33. The monoisotopic (exact) mass is 399 g/mol. The number of rotatable bonds is 5. The van der Waals surface area contributed by atoms with Gasteiger partial charge in [0.1, 0.15) is 11.6 Å². The van der Waals surface area contributed by atoms with Crippen LogP contribution in [0.1, 0.15) is 17.7 Å². The molecule has 0 aliphatic carbocycles. The van der Waals surface area contributed by atoms with Gasteiger partial charge in [-0.25, -0.2) is 9.37 Å². The van der Waals surface area contributed by atoms with Gasteiger partial charge in [0.2, 0.25) is 5.91 Å². The van der Waals surface area contributed by atoms with E-state index in [-0.39, 0.29) is 24.2 Å².